The van der Waals surface area contributed by atoms with Gasteiger partial charge in [0.2, 0.25) is 11.8 Å². The number of carbonyl (C=O) groups is 2. The number of aromatic nitrogens is 1. The number of unbranched alkanes of at least 4 members (excludes halogenated alkanes) is 2. The van der Waals surface area contributed by atoms with Crippen LogP contribution in [0.5, 0.6) is 0 Å². The predicted octanol–water partition coefficient (Wildman–Crippen LogP) is 8.59. The molecule has 1 fully saturated rings. The molecular formula is C41H44BrF3N4O2. The van der Waals surface area contributed by atoms with E-state index in [2.05, 4.69) is 44.9 Å². The minimum Gasteiger partial charge on any atom is -0.338 e. The number of piperazine rings is 1. The molecule has 0 bridgehead atoms. The minimum atomic E-state index is -4.45. The third-order valence-corrected chi connectivity index (χ3v) is 9.67. The summed E-state index contributed by atoms with van der Waals surface area (Å²) in [7, 11) is 0. The van der Waals surface area contributed by atoms with Crippen LogP contribution in [0, 0.1) is 0 Å². The van der Waals surface area contributed by atoms with Crippen molar-refractivity contribution in [1.82, 2.24) is 19.7 Å². The molecule has 1 aliphatic rings. The number of aryl methyl sites for hydroxylation is 1. The maximum atomic E-state index is 14.5. The van der Waals surface area contributed by atoms with Crippen LogP contribution in [0.4, 0.5) is 13.2 Å². The molecule has 0 unspecified atom stereocenters. The molecule has 51 heavy (non-hydrogen) atoms. The van der Waals surface area contributed by atoms with E-state index in [1.54, 1.807) is 4.90 Å². The van der Waals surface area contributed by atoms with E-state index in [1.165, 1.54) is 29.8 Å². The van der Waals surface area contributed by atoms with Gasteiger partial charge in [-0.3, -0.25) is 14.5 Å². The summed E-state index contributed by atoms with van der Waals surface area (Å²) in [6.45, 7) is 5.50. The van der Waals surface area contributed by atoms with Crippen LogP contribution in [0.1, 0.15) is 59.6 Å². The van der Waals surface area contributed by atoms with Crippen molar-refractivity contribution < 1.29 is 22.8 Å². The van der Waals surface area contributed by atoms with Gasteiger partial charge in [0.15, 0.2) is 0 Å². The van der Waals surface area contributed by atoms with Crippen molar-refractivity contribution in [3.63, 3.8) is 0 Å². The first kappa shape index (κ1) is 38.0. The lowest BCUT2D eigenvalue weighted by atomic mass is 10.0. The molecule has 6 nitrogen and oxygen atoms in total. The quantitative estimate of drug-likeness (QED) is 0.0735. The maximum Gasteiger partial charge on any atom is 0.416 e. The number of nitrogens with zero attached hydrogens (tertiary/aromatic N) is 4. The highest BCUT2D eigenvalue weighted by atomic mass is 79.9. The van der Waals surface area contributed by atoms with E-state index in [9.17, 15) is 22.8 Å². The normalized spacial score (nSPS) is 14.5. The fraction of sp³-hybridized carbons (Fsp3) is 0.341. The second-order valence-corrected chi connectivity index (χ2v) is 13.8. The first-order chi connectivity index (χ1) is 24.6. The Labute approximate surface area is 307 Å². The van der Waals surface area contributed by atoms with Crippen LogP contribution in [0.3, 0.4) is 0 Å². The molecule has 5 rings (SSSR count). The molecule has 268 valence electrons. The highest BCUT2D eigenvalue weighted by molar-refractivity contribution is 9.10. The summed E-state index contributed by atoms with van der Waals surface area (Å²) in [6, 6.07) is 25.7. The van der Waals surface area contributed by atoms with Gasteiger partial charge >= 0.3 is 6.18 Å². The highest BCUT2D eigenvalue weighted by Gasteiger charge is 2.34. The van der Waals surface area contributed by atoms with Crippen LogP contribution in [0.15, 0.2) is 108 Å². The smallest absolute Gasteiger partial charge is 0.338 e. The number of hydrogen-bond donors (Lipinski definition) is 0. The Balaban J connectivity index is 1.40. The standard InChI is InChI=1S/C41H44BrF3N4O2/c1-2-3-5-8-31-11-13-34(14-12-31)30-49(39(50)22-18-32-15-19-36(20-16-32)41(43,44)45)37(27-33-9-6-4-7-10-33)40(51)48-25-23-47(24-26-48)29-35-17-21-38(42)46-28-35/h4,6-7,9-22,28,37H,2-3,5,8,23-27,29-30H2,1H3/t37-/m0/s1. The molecule has 2 amide bonds. The van der Waals surface area contributed by atoms with Gasteiger partial charge in [0.05, 0.1) is 5.56 Å². The zero-order valence-electron chi connectivity index (χ0n) is 28.9. The fourth-order valence-corrected chi connectivity index (χ4v) is 6.47. The van der Waals surface area contributed by atoms with Gasteiger partial charge in [0.1, 0.15) is 10.6 Å². The van der Waals surface area contributed by atoms with Gasteiger partial charge in [-0.2, -0.15) is 13.2 Å². The summed E-state index contributed by atoms with van der Waals surface area (Å²) < 4.78 is 40.3. The highest BCUT2D eigenvalue weighted by Crippen LogP contribution is 2.29. The van der Waals surface area contributed by atoms with Gasteiger partial charge in [0, 0.05) is 58.0 Å². The number of alkyl halides is 3. The molecular weight excluding hydrogens is 717 g/mol. The Bertz CT molecular complexity index is 1720. The second kappa shape index (κ2) is 18.3. The van der Waals surface area contributed by atoms with Gasteiger partial charge in [-0.05, 0) is 80.9 Å². The van der Waals surface area contributed by atoms with E-state index in [1.807, 2.05) is 65.7 Å². The predicted molar refractivity (Wildman–Crippen MR) is 198 cm³/mol. The summed E-state index contributed by atoms with van der Waals surface area (Å²) in [5, 5.41) is 0. The third kappa shape index (κ3) is 11.4. The molecule has 1 atom stereocenters. The Morgan fingerprint density at radius 1 is 0.843 bits per heavy atom. The lowest BCUT2D eigenvalue weighted by molar-refractivity contribution is -0.145. The Hall–Kier alpha value is -4.28. The van der Waals surface area contributed by atoms with Crippen molar-refractivity contribution in [2.24, 2.45) is 0 Å². The summed E-state index contributed by atoms with van der Waals surface area (Å²) in [5.41, 5.74) is 3.83. The zero-order valence-corrected chi connectivity index (χ0v) is 30.5. The molecule has 0 spiro atoms. The van der Waals surface area contributed by atoms with Crippen LogP contribution >= 0.6 is 15.9 Å². The van der Waals surface area contributed by atoms with Gasteiger partial charge in [-0.1, -0.05) is 92.6 Å². The van der Waals surface area contributed by atoms with Crippen molar-refractivity contribution in [3.8, 4) is 0 Å². The van der Waals surface area contributed by atoms with E-state index in [0.717, 1.165) is 65.7 Å². The molecule has 1 aliphatic heterocycles. The van der Waals surface area contributed by atoms with Crippen LogP contribution in [0.2, 0.25) is 0 Å². The number of amides is 2. The molecule has 2 heterocycles. The van der Waals surface area contributed by atoms with Crippen LogP contribution < -0.4 is 0 Å². The van der Waals surface area contributed by atoms with Crippen molar-refractivity contribution in [1.29, 1.82) is 0 Å². The molecule has 0 aliphatic carbocycles. The molecule has 3 aromatic carbocycles. The van der Waals surface area contributed by atoms with Crippen molar-refractivity contribution in [2.45, 2.75) is 64.3 Å². The average Bonchev–Trinajstić information content (AvgIpc) is 3.14. The van der Waals surface area contributed by atoms with Crippen LogP contribution in [-0.4, -0.2) is 63.7 Å². The lowest BCUT2D eigenvalue weighted by Crippen LogP contribution is -2.56. The van der Waals surface area contributed by atoms with Gasteiger partial charge < -0.3 is 9.80 Å². The van der Waals surface area contributed by atoms with E-state index in [4.69, 9.17) is 0 Å². The third-order valence-electron chi connectivity index (χ3n) is 9.20. The van der Waals surface area contributed by atoms with Gasteiger partial charge in [0.25, 0.3) is 0 Å². The fourth-order valence-electron chi connectivity index (χ4n) is 6.24. The number of rotatable bonds is 14. The minimum absolute atomic E-state index is 0.128. The number of benzene rings is 3. The van der Waals surface area contributed by atoms with Crippen molar-refractivity contribution in [3.05, 3.63) is 141 Å². The average molecular weight is 762 g/mol. The van der Waals surface area contributed by atoms with Gasteiger partial charge in [-0.25, -0.2) is 4.98 Å². The maximum absolute atomic E-state index is 14.5. The Kier molecular flexibility index (Phi) is 13.6. The monoisotopic (exact) mass is 760 g/mol. The van der Waals surface area contributed by atoms with E-state index in [-0.39, 0.29) is 12.5 Å². The molecule has 4 aromatic rings. The summed E-state index contributed by atoms with van der Waals surface area (Å²) >= 11 is 3.38. The molecule has 1 aromatic heterocycles. The molecule has 0 radical (unpaired) electrons. The van der Waals surface area contributed by atoms with E-state index < -0.39 is 23.7 Å². The summed E-state index contributed by atoms with van der Waals surface area (Å²) in [4.78, 5) is 38.8. The summed E-state index contributed by atoms with van der Waals surface area (Å²) in [5.74, 6) is -0.520. The number of halogens is 4. The SMILES string of the molecule is CCCCCc1ccc(CN(C(=O)C=Cc2ccc(C(F)(F)F)cc2)[C@@H](Cc2ccccc2)C(=O)N2CCN(Cc3ccc(Br)nc3)CC2)cc1. The van der Waals surface area contributed by atoms with Crippen molar-refractivity contribution in [2.75, 3.05) is 26.2 Å². The Morgan fingerprint density at radius 3 is 2.14 bits per heavy atom. The zero-order chi connectivity index (χ0) is 36.2. The topological polar surface area (TPSA) is 56.8 Å². The van der Waals surface area contributed by atoms with E-state index >= 15 is 0 Å². The lowest BCUT2D eigenvalue weighted by Gasteiger charge is -2.39. The Morgan fingerprint density at radius 2 is 1.51 bits per heavy atom. The number of hydrogen-bond acceptors (Lipinski definition) is 4. The number of pyridine rings is 1. The van der Waals surface area contributed by atoms with Gasteiger partial charge in [-0.15, -0.1) is 0 Å². The molecule has 0 N–H and O–H groups in total. The first-order valence-electron chi connectivity index (χ1n) is 17.5. The van der Waals surface area contributed by atoms with E-state index in [0.29, 0.717) is 38.2 Å². The largest absolute Gasteiger partial charge is 0.416 e. The molecule has 10 heteroatoms. The molecule has 1 saturated heterocycles. The summed E-state index contributed by atoms with van der Waals surface area (Å²) in [6.07, 6.45) is 4.97. The first-order valence-corrected chi connectivity index (χ1v) is 18.3. The van der Waals surface area contributed by atoms with Crippen LogP contribution in [0.25, 0.3) is 6.08 Å². The second-order valence-electron chi connectivity index (χ2n) is 13.0. The number of carbonyl (C=O) groups excluding carboxylic acids is 2. The van der Waals surface area contributed by atoms with Crippen LogP contribution in [-0.2, 0) is 41.7 Å². The molecule has 0 saturated carbocycles. The van der Waals surface area contributed by atoms with Crippen molar-refractivity contribution >= 4 is 33.8 Å².